The molecule has 1 heterocycles. The second-order valence-electron chi connectivity index (χ2n) is 7.81. The number of benzene rings is 2. The number of fused-ring (bicyclic) bond motifs is 1. The molecule has 0 unspecified atom stereocenters. The van der Waals surface area contributed by atoms with Crippen molar-refractivity contribution < 1.29 is 14.3 Å². The minimum atomic E-state index is 0.180. The Morgan fingerprint density at radius 3 is 2.41 bits per heavy atom. The van der Waals surface area contributed by atoms with Gasteiger partial charge in [0, 0.05) is 39.6 Å². The molecule has 0 aromatic heterocycles. The van der Waals surface area contributed by atoms with Gasteiger partial charge in [0.1, 0.15) is 0 Å². The third-order valence-corrected chi connectivity index (χ3v) is 5.70. The van der Waals surface area contributed by atoms with Gasteiger partial charge in [-0.05, 0) is 48.1 Å². The van der Waals surface area contributed by atoms with Crippen LogP contribution in [0.4, 0.5) is 0 Å². The van der Waals surface area contributed by atoms with Gasteiger partial charge in [-0.1, -0.05) is 30.3 Å². The molecular weight excluding hydrogens is 404 g/mol. The Labute approximate surface area is 190 Å². The fourth-order valence-corrected chi connectivity index (χ4v) is 3.89. The first-order valence-electron chi connectivity index (χ1n) is 11.1. The lowest BCUT2D eigenvalue weighted by Crippen LogP contribution is -2.39. The fraction of sp³-hybridized carbons (Fsp3) is 0.440. The van der Waals surface area contributed by atoms with Crippen LogP contribution in [0.5, 0.6) is 11.5 Å². The molecule has 3 rings (SSSR count). The molecule has 2 N–H and O–H groups in total. The number of nitrogens with zero attached hydrogens (tertiary/aromatic N) is 2. The van der Waals surface area contributed by atoms with Crippen LogP contribution in [-0.2, 0) is 24.2 Å². The van der Waals surface area contributed by atoms with Crippen LogP contribution >= 0.6 is 0 Å². The largest absolute Gasteiger partial charge is 0.493 e. The number of nitrogens with one attached hydrogen (secondary N) is 2. The summed E-state index contributed by atoms with van der Waals surface area (Å²) >= 11 is 0. The number of aliphatic imine (C=N–C) groups is 1. The highest BCUT2D eigenvalue weighted by atomic mass is 16.5. The van der Waals surface area contributed by atoms with Crippen molar-refractivity contribution in [2.45, 2.75) is 32.2 Å². The molecule has 0 radical (unpaired) electrons. The van der Waals surface area contributed by atoms with Crippen molar-refractivity contribution in [2.24, 2.45) is 4.99 Å². The summed E-state index contributed by atoms with van der Waals surface area (Å²) in [5, 5.41) is 6.62. The van der Waals surface area contributed by atoms with E-state index in [9.17, 15) is 4.79 Å². The number of amides is 1. The topological polar surface area (TPSA) is 75.2 Å². The second kappa shape index (κ2) is 12.0. The molecule has 172 valence electrons. The molecule has 2 aromatic rings. The van der Waals surface area contributed by atoms with Crippen molar-refractivity contribution in [3.63, 3.8) is 0 Å². The standard InChI is InChI=1S/C25H34N4O3/c1-26-25(28-14-11-19-8-5-4-6-9-19)27-13-7-10-24(30)29-15-12-20-16-22(31-2)23(32-3)17-21(20)18-29/h4-6,8-9,16-17H,7,10-15,18H2,1-3H3,(H2,26,27,28). The van der Waals surface area contributed by atoms with Crippen LogP contribution in [0, 0.1) is 0 Å². The molecule has 2 aromatic carbocycles. The summed E-state index contributed by atoms with van der Waals surface area (Å²) in [6, 6.07) is 14.4. The molecular formula is C25H34N4O3. The Hall–Kier alpha value is -3.22. The predicted octanol–water partition coefficient (Wildman–Crippen LogP) is 2.78. The van der Waals surface area contributed by atoms with Crippen LogP contribution in [0.1, 0.15) is 29.5 Å². The van der Waals surface area contributed by atoms with Crippen LogP contribution < -0.4 is 20.1 Å². The lowest BCUT2D eigenvalue weighted by molar-refractivity contribution is -0.132. The summed E-state index contributed by atoms with van der Waals surface area (Å²) in [4.78, 5) is 18.9. The van der Waals surface area contributed by atoms with E-state index in [1.807, 2.05) is 35.2 Å². The maximum Gasteiger partial charge on any atom is 0.222 e. The average molecular weight is 439 g/mol. The van der Waals surface area contributed by atoms with E-state index in [1.54, 1.807) is 21.3 Å². The van der Waals surface area contributed by atoms with Crippen LogP contribution in [-0.4, -0.2) is 57.7 Å². The monoisotopic (exact) mass is 438 g/mol. The Bertz CT molecular complexity index is 915. The number of carbonyl (C=O) groups excluding carboxylic acids is 1. The van der Waals surface area contributed by atoms with Gasteiger partial charge in [-0.15, -0.1) is 0 Å². The quantitative estimate of drug-likeness (QED) is 0.358. The zero-order valence-electron chi connectivity index (χ0n) is 19.3. The summed E-state index contributed by atoms with van der Waals surface area (Å²) in [6.07, 6.45) is 3.04. The second-order valence-corrected chi connectivity index (χ2v) is 7.81. The van der Waals surface area contributed by atoms with Gasteiger partial charge in [-0.3, -0.25) is 9.79 Å². The SMILES string of the molecule is CN=C(NCCCC(=O)N1CCc2cc(OC)c(OC)cc2C1)NCCc1ccccc1. The molecule has 1 aliphatic rings. The number of hydrogen-bond acceptors (Lipinski definition) is 4. The van der Waals surface area contributed by atoms with Crippen molar-refractivity contribution in [3.8, 4) is 11.5 Å². The van der Waals surface area contributed by atoms with Crippen molar-refractivity contribution in [1.82, 2.24) is 15.5 Å². The number of rotatable bonds is 9. The number of carbonyl (C=O) groups is 1. The summed E-state index contributed by atoms with van der Waals surface area (Å²) in [7, 11) is 5.04. The number of methoxy groups -OCH3 is 2. The number of hydrogen-bond donors (Lipinski definition) is 2. The van der Waals surface area contributed by atoms with Gasteiger partial charge in [0.2, 0.25) is 5.91 Å². The van der Waals surface area contributed by atoms with Crippen molar-refractivity contribution in [1.29, 1.82) is 0 Å². The predicted molar refractivity (Wildman–Crippen MR) is 127 cm³/mol. The maximum atomic E-state index is 12.7. The van der Waals surface area contributed by atoms with Crippen molar-refractivity contribution in [2.75, 3.05) is 40.9 Å². The molecule has 1 amide bonds. The molecule has 0 saturated carbocycles. The molecule has 0 saturated heterocycles. The highest BCUT2D eigenvalue weighted by Gasteiger charge is 2.22. The first kappa shape index (κ1) is 23.4. The van der Waals surface area contributed by atoms with Crippen LogP contribution in [0.2, 0.25) is 0 Å². The molecule has 0 fully saturated rings. The molecule has 0 bridgehead atoms. The Balaban J connectivity index is 1.39. The van der Waals surface area contributed by atoms with E-state index in [0.29, 0.717) is 25.3 Å². The van der Waals surface area contributed by atoms with E-state index in [1.165, 1.54) is 11.1 Å². The van der Waals surface area contributed by atoms with Crippen LogP contribution in [0.15, 0.2) is 47.5 Å². The van der Waals surface area contributed by atoms with E-state index in [0.717, 1.165) is 49.6 Å². The van der Waals surface area contributed by atoms with Gasteiger partial charge >= 0.3 is 0 Å². The zero-order chi connectivity index (χ0) is 22.8. The van der Waals surface area contributed by atoms with E-state index in [-0.39, 0.29) is 5.91 Å². The van der Waals surface area contributed by atoms with Crippen LogP contribution in [0.25, 0.3) is 0 Å². The molecule has 0 atom stereocenters. The summed E-state index contributed by atoms with van der Waals surface area (Å²) in [6.45, 7) is 2.86. The number of guanidine groups is 1. The van der Waals surface area contributed by atoms with Gasteiger partial charge in [0.25, 0.3) is 0 Å². The minimum Gasteiger partial charge on any atom is -0.493 e. The maximum absolute atomic E-state index is 12.7. The lowest BCUT2D eigenvalue weighted by Gasteiger charge is -2.29. The van der Waals surface area contributed by atoms with Crippen molar-refractivity contribution >= 4 is 11.9 Å². The average Bonchev–Trinajstić information content (AvgIpc) is 2.84. The first-order chi connectivity index (χ1) is 15.6. The third kappa shape index (κ3) is 6.39. The highest BCUT2D eigenvalue weighted by Crippen LogP contribution is 2.33. The van der Waals surface area contributed by atoms with E-state index < -0.39 is 0 Å². The smallest absolute Gasteiger partial charge is 0.222 e. The minimum absolute atomic E-state index is 0.180. The molecule has 0 spiro atoms. The number of ether oxygens (including phenoxy) is 2. The van der Waals surface area contributed by atoms with Crippen LogP contribution in [0.3, 0.4) is 0 Å². The summed E-state index contributed by atoms with van der Waals surface area (Å²) in [5.74, 6) is 2.39. The fourth-order valence-electron chi connectivity index (χ4n) is 3.89. The molecule has 32 heavy (non-hydrogen) atoms. The molecule has 7 heteroatoms. The van der Waals surface area contributed by atoms with Gasteiger partial charge in [0.05, 0.1) is 14.2 Å². The Morgan fingerprint density at radius 2 is 1.72 bits per heavy atom. The summed E-state index contributed by atoms with van der Waals surface area (Å²) in [5.41, 5.74) is 3.64. The molecule has 1 aliphatic heterocycles. The molecule has 7 nitrogen and oxygen atoms in total. The van der Waals surface area contributed by atoms with E-state index in [4.69, 9.17) is 9.47 Å². The van der Waals surface area contributed by atoms with E-state index >= 15 is 0 Å². The molecule has 0 aliphatic carbocycles. The van der Waals surface area contributed by atoms with Gasteiger partial charge < -0.3 is 25.0 Å². The Morgan fingerprint density at radius 1 is 1.03 bits per heavy atom. The zero-order valence-corrected chi connectivity index (χ0v) is 19.3. The Kier molecular flexibility index (Phi) is 8.78. The van der Waals surface area contributed by atoms with Crippen molar-refractivity contribution in [3.05, 3.63) is 59.2 Å². The van der Waals surface area contributed by atoms with Gasteiger partial charge in [-0.25, -0.2) is 0 Å². The first-order valence-corrected chi connectivity index (χ1v) is 11.1. The van der Waals surface area contributed by atoms with Gasteiger partial charge in [0.15, 0.2) is 17.5 Å². The lowest BCUT2D eigenvalue weighted by atomic mass is 9.98. The normalized spacial score (nSPS) is 13.3. The third-order valence-electron chi connectivity index (χ3n) is 5.70. The van der Waals surface area contributed by atoms with Gasteiger partial charge in [-0.2, -0.15) is 0 Å². The van der Waals surface area contributed by atoms with E-state index in [2.05, 4.69) is 27.8 Å². The highest BCUT2D eigenvalue weighted by molar-refractivity contribution is 5.80. The summed E-state index contributed by atoms with van der Waals surface area (Å²) < 4.78 is 10.8.